The maximum atomic E-state index is 11.7. The van der Waals surface area contributed by atoms with Crippen molar-refractivity contribution in [2.24, 2.45) is 0 Å². The van der Waals surface area contributed by atoms with Gasteiger partial charge in [-0.2, -0.15) is 0 Å². The lowest BCUT2D eigenvalue weighted by Crippen LogP contribution is -2.48. The third kappa shape index (κ3) is 9.05. The molecular formula is C14H28N2O2. The first-order chi connectivity index (χ1) is 8.26. The molecule has 0 bridgehead atoms. The van der Waals surface area contributed by atoms with Gasteiger partial charge >= 0.3 is 6.09 Å². The zero-order valence-electron chi connectivity index (χ0n) is 12.5. The average Bonchev–Trinajstić information content (AvgIpc) is 2.19. The molecule has 0 atom stereocenters. The first kappa shape index (κ1) is 17.0. The normalized spacial score (nSPS) is 11.7. The predicted molar refractivity (Wildman–Crippen MR) is 75.3 cm³/mol. The third-order valence-corrected chi connectivity index (χ3v) is 2.31. The predicted octanol–water partition coefficient (Wildman–Crippen LogP) is 3.49. The number of amides is 1. The second-order valence-corrected chi connectivity index (χ2v) is 5.69. The molecule has 4 nitrogen and oxygen atoms in total. The topological polar surface area (TPSA) is 41.6 Å². The highest BCUT2D eigenvalue weighted by molar-refractivity contribution is 5.67. The second-order valence-electron chi connectivity index (χ2n) is 5.69. The summed E-state index contributed by atoms with van der Waals surface area (Å²) in [6.45, 7) is 14.2. The summed E-state index contributed by atoms with van der Waals surface area (Å²) in [6, 6.07) is 0.251. The van der Waals surface area contributed by atoms with Gasteiger partial charge in [-0.25, -0.2) is 9.80 Å². The van der Waals surface area contributed by atoms with Crippen molar-refractivity contribution in [3.05, 3.63) is 12.7 Å². The zero-order chi connectivity index (χ0) is 14.2. The number of unbranched alkanes of at least 4 members (excludes halogenated alkanes) is 2. The molecule has 18 heavy (non-hydrogen) atoms. The Morgan fingerprint density at radius 2 is 2.00 bits per heavy atom. The third-order valence-electron chi connectivity index (χ3n) is 2.31. The van der Waals surface area contributed by atoms with E-state index in [1.165, 1.54) is 0 Å². The van der Waals surface area contributed by atoms with Crippen LogP contribution >= 0.6 is 0 Å². The Hall–Kier alpha value is -1.03. The van der Waals surface area contributed by atoms with Crippen LogP contribution in [0.3, 0.4) is 0 Å². The molecule has 0 aromatic heterocycles. The van der Waals surface area contributed by atoms with Crippen molar-refractivity contribution in [3.8, 4) is 0 Å². The van der Waals surface area contributed by atoms with Crippen LogP contribution in [0.2, 0.25) is 0 Å². The molecule has 106 valence electrons. The number of allylic oxidation sites excluding steroid dienone is 1. The fourth-order valence-corrected chi connectivity index (χ4v) is 1.43. The maximum absolute atomic E-state index is 11.7. The van der Waals surface area contributed by atoms with E-state index < -0.39 is 5.60 Å². The molecule has 0 saturated heterocycles. The summed E-state index contributed by atoms with van der Waals surface area (Å²) in [6.07, 6.45) is 4.65. The van der Waals surface area contributed by atoms with Crippen LogP contribution in [-0.2, 0) is 4.74 Å². The summed E-state index contributed by atoms with van der Waals surface area (Å²) in [4.78, 5) is 11.7. The van der Waals surface area contributed by atoms with Crippen molar-refractivity contribution >= 4 is 6.09 Å². The number of nitrogens with zero attached hydrogens (tertiary/aromatic N) is 1. The molecule has 0 fully saturated rings. The number of hydrogen-bond acceptors (Lipinski definition) is 3. The van der Waals surface area contributed by atoms with Crippen LogP contribution in [-0.4, -0.2) is 29.3 Å². The number of rotatable bonds is 7. The molecule has 0 aliphatic heterocycles. The molecular weight excluding hydrogens is 228 g/mol. The Morgan fingerprint density at radius 1 is 1.39 bits per heavy atom. The summed E-state index contributed by atoms with van der Waals surface area (Å²) in [7, 11) is 0. The first-order valence-electron chi connectivity index (χ1n) is 6.63. The fraction of sp³-hybridized carbons (Fsp3) is 0.786. The minimum Gasteiger partial charge on any atom is -0.443 e. The molecule has 0 aromatic rings. The van der Waals surface area contributed by atoms with Gasteiger partial charge in [0.1, 0.15) is 5.60 Å². The lowest BCUT2D eigenvalue weighted by atomic mass is 10.2. The monoisotopic (exact) mass is 256 g/mol. The quantitative estimate of drug-likeness (QED) is 0.430. The highest BCUT2D eigenvalue weighted by atomic mass is 16.6. The standard InChI is InChI=1S/C14H28N2O2/c1-7-8-9-10-11-16(12(2)3)15-13(17)18-14(4,5)6/h7,12H,1,8-11H2,2-6H3,(H,15,17). The van der Waals surface area contributed by atoms with Crippen molar-refractivity contribution < 1.29 is 9.53 Å². The van der Waals surface area contributed by atoms with Gasteiger partial charge in [0.15, 0.2) is 0 Å². The molecule has 0 spiro atoms. The molecule has 0 aliphatic carbocycles. The maximum Gasteiger partial charge on any atom is 0.422 e. The van der Waals surface area contributed by atoms with Crippen LogP contribution in [0.15, 0.2) is 12.7 Å². The molecule has 0 unspecified atom stereocenters. The van der Waals surface area contributed by atoms with Gasteiger partial charge in [0.25, 0.3) is 0 Å². The Kier molecular flexibility index (Phi) is 7.67. The van der Waals surface area contributed by atoms with Crippen LogP contribution in [0.1, 0.15) is 53.9 Å². The smallest absolute Gasteiger partial charge is 0.422 e. The second kappa shape index (κ2) is 8.14. The number of hydrazine groups is 1. The van der Waals surface area contributed by atoms with Gasteiger partial charge in [0.2, 0.25) is 0 Å². The summed E-state index contributed by atoms with van der Waals surface area (Å²) < 4.78 is 5.24. The Morgan fingerprint density at radius 3 is 2.44 bits per heavy atom. The van der Waals surface area contributed by atoms with Gasteiger partial charge in [-0.15, -0.1) is 6.58 Å². The number of carbonyl (C=O) groups is 1. The van der Waals surface area contributed by atoms with Gasteiger partial charge in [0, 0.05) is 12.6 Å². The summed E-state index contributed by atoms with van der Waals surface area (Å²) in [5.41, 5.74) is 2.33. The van der Waals surface area contributed by atoms with Gasteiger partial charge in [-0.05, 0) is 53.9 Å². The molecule has 0 heterocycles. The van der Waals surface area contributed by atoms with Gasteiger partial charge in [0.05, 0.1) is 0 Å². The van der Waals surface area contributed by atoms with E-state index in [9.17, 15) is 4.79 Å². The molecule has 0 aliphatic rings. The van der Waals surface area contributed by atoms with Gasteiger partial charge < -0.3 is 4.74 Å². The minimum absolute atomic E-state index is 0.251. The van der Waals surface area contributed by atoms with Crippen molar-refractivity contribution in [1.82, 2.24) is 10.4 Å². The number of ether oxygens (including phenoxy) is 1. The molecule has 0 saturated carbocycles. The van der Waals surface area contributed by atoms with Crippen LogP contribution in [0.25, 0.3) is 0 Å². The molecule has 1 amide bonds. The van der Waals surface area contributed by atoms with Gasteiger partial charge in [-0.1, -0.05) is 6.08 Å². The fourth-order valence-electron chi connectivity index (χ4n) is 1.43. The van der Waals surface area contributed by atoms with Crippen molar-refractivity contribution in [1.29, 1.82) is 0 Å². The molecule has 0 rings (SSSR count). The van der Waals surface area contributed by atoms with Crippen molar-refractivity contribution in [2.45, 2.75) is 65.5 Å². The van der Waals surface area contributed by atoms with Crippen molar-refractivity contribution in [3.63, 3.8) is 0 Å². The minimum atomic E-state index is -0.463. The van der Waals surface area contributed by atoms with E-state index in [-0.39, 0.29) is 12.1 Å². The first-order valence-corrected chi connectivity index (χ1v) is 6.63. The highest BCUT2D eigenvalue weighted by Crippen LogP contribution is 2.08. The lowest BCUT2D eigenvalue weighted by molar-refractivity contribution is 0.0269. The van der Waals surface area contributed by atoms with Gasteiger partial charge in [-0.3, -0.25) is 5.43 Å². The number of nitrogens with one attached hydrogen (secondary N) is 1. The van der Waals surface area contributed by atoms with E-state index in [0.29, 0.717) is 0 Å². The van der Waals surface area contributed by atoms with Crippen LogP contribution < -0.4 is 5.43 Å². The number of carbonyl (C=O) groups excluding carboxylic acids is 1. The van der Waals surface area contributed by atoms with Crippen molar-refractivity contribution in [2.75, 3.05) is 6.54 Å². The highest BCUT2D eigenvalue weighted by Gasteiger charge is 2.19. The van der Waals surface area contributed by atoms with Crippen LogP contribution in [0.5, 0.6) is 0 Å². The molecule has 0 aromatic carbocycles. The summed E-state index contributed by atoms with van der Waals surface area (Å²) >= 11 is 0. The Labute approximate surface area is 111 Å². The summed E-state index contributed by atoms with van der Waals surface area (Å²) in [5, 5.41) is 1.91. The molecule has 0 radical (unpaired) electrons. The average molecular weight is 256 g/mol. The Balaban J connectivity index is 4.10. The summed E-state index contributed by atoms with van der Waals surface area (Å²) in [5.74, 6) is 0. The van der Waals surface area contributed by atoms with Crippen LogP contribution in [0, 0.1) is 0 Å². The SMILES string of the molecule is C=CCCCCN(NC(=O)OC(C)(C)C)C(C)C. The molecule has 4 heteroatoms. The van der Waals surface area contributed by atoms with E-state index in [1.807, 2.05) is 45.7 Å². The number of hydrogen-bond donors (Lipinski definition) is 1. The largest absolute Gasteiger partial charge is 0.443 e. The molecule has 1 N–H and O–H groups in total. The zero-order valence-corrected chi connectivity index (χ0v) is 12.5. The van der Waals surface area contributed by atoms with E-state index in [1.54, 1.807) is 0 Å². The Bertz CT molecular complexity index is 257. The van der Waals surface area contributed by atoms with E-state index in [0.717, 1.165) is 25.8 Å². The van der Waals surface area contributed by atoms with E-state index in [4.69, 9.17) is 4.74 Å². The van der Waals surface area contributed by atoms with Crippen LogP contribution in [0.4, 0.5) is 4.79 Å². The van der Waals surface area contributed by atoms with E-state index >= 15 is 0 Å². The lowest BCUT2D eigenvalue weighted by Gasteiger charge is -2.28. The van der Waals surface area contributed by atoms with E-state index in [2.05, 4.69) is 12.0 Å².